The third-order valence-corrected chi connectivity index (χ3v) is 7.53. The van der Waals surface area contributed by atoms with Crippen LogP contribution in [-0.4, -0.2) is 71.5 Å². The Labute approximate surface area is 225 Å². The van der Waals surface area contributed by atoms with Crippen LogP contribution in [0.3, 0.4) is 0 Å². The van der Waals surface area contributed by atoms with Gasteiger partial charge in [0.05, 0.1) is 48.1 Å². The Morgan fingerprint density at radius 2 is 1.95 bits per heavy atom. The maximum absolute atomic E-state index is 13.5. The molecule has 1 fully saturated rings. The van der Waals surface area contributed by atoms with Crippen molar-refractivity contribution in [3.8, 4) is 17.6 Å². The number of benzene rings is 2. The van der Waals surface area contributed by atoms with Gasteiger partial charge < -0.3 is 29.4 Å². The fourth-order valence-corrected chi connectivity index (χ4v) is 5.13. The highest BCUT2D eigenvalue weighted by molar-refractivity contribution is 7.90. The van der Waals surface area contributed by atoms with Crippen molar-refractivity contribution in [2.75, 3.05) is 50.9 Å². The van der Waals surface area contributed by atoms with Gasteiger partial charge in [0.25, 0.3) is 0 Å². The van der Waals surface area contributed by atoms with Gasteiger partial charge in [-0.2, -0.15) is 13.2 Å². The van der Waals surface area contributed by atoms with Crippen LogP contribution < -0.4 is 15.4 Å². The molecule has 1 aliphatic rings. The first-order valence-corrected chi connectivity index (χ1v) is 14.1. The molecule has 0 bridgehead atoms. The van der Waals surface area contributed by atoms with Gasteiger partial charge in [0.2, 0.25) is 0 Å². The van der Waals surface area contributed by atoms with Gasteiger partial charge in [0.15, 0.2) is 9.84 Å². The van der Waals surface area contributed by atoms with E-state index in [1.807, 2.05) is 6.07 Å². The molecule has 4 rings (SSSR count). The van der Waals surface area contributed by atoms with Crippen LogP contribution in [0.4, 0.5) is 24.5 Å². The molecule has 2 N–H and O–H groups in total. The normalized spacial score (nSPS) is 17.9. The summed E-state index contributed by atoms with van der Waals surface area (Å²) in [5, 5.41) is 7.08. The van der Waals surface area contributed by atoms with Gasteiger partial charge in [-0.05, 0) is 42.7 Å². The molecule has 1 saturated heterocycles. The highest BCUT2D eigenvalue weighted by Crippen LogP contribution is 2.32. The van der Waals surface area contributed by atoms with E-state index in [1.54, 1.807) is 31.4 Å². The van der Waals surface area contributed by atoms with Crippen molar-refractivity contribution in [1.82, 2.24) is 4.57 Å². The minimum Gasteiger partial charge on any atom is -0.495 e. The number of aromatic nitrogens is 1. The number of methoxy groups -OCH3 is 2. The summed E-state index contributed by atoms with van der Waals surface area (Å²) in [4.78, 5) is 0.106. The molecule has 1 aliphatic heterocycles. The Balaban J connectivity index is 1.62. The fraction of sp³-hybridized carbons (Fsp3) is 0.407. The predicted octanol–water partition coefficient (Wildman–Crippen LogP) is 4.30. The fourth-order valence-electron chi connectivity index (χ4n) is 4.49. The van der Waals surface area contributed by atoms with Crippen LogP contribution in [0.5, 0.6) is 5.75 Å². The molecule has 3 aromatic rings. The van der Waals surface area contributed by atoms with Crippen LogP contribution in [0.1, 0.15) is 12.1 Å². The number of rotatable bonds is 8. The summed E-state index contributed by atoms with van der Waals surface area (Å²) in [6, 6.07) is 11.2. The second kappa shape index (κ2) is 11.8. The van der Waals surface area contributed by atoms with Crippen molar-refractivity contribution in [2.24, 2.45) is 0 Å². The SMILES string of the molecule is COc1cc(S(C)(=O)=O)ccc1NCC#Cc1cc2c(N[C@H]3CCOC[C@@H]3OC)cccc2n1CC(F)(F)F. The smallest absolute Gasteiger partial charge is 0.406 e. The van der Waals surface area contributed by atoms with Crippen LogP contribution >= 0.6 is 0 Å². The lowest BCUT2D eigenvalue weighted by atomic mass is 10.0. The highest BCUT2D eigenvalue weighted by Gasteiger charge is 2.30. The van der Waals surface area contributed by atoms with E-state index in [0.29, 0.717) is 47.7 Å². The van der Waals surface area contributed by atoms with Crippen molar-refractivity contribution >= 4 is 32.1 Å². The van der Waals surface area contributed by atoms with Gasteiger partial charge in [0, 0.05) is 37.1 Å². The summed E-state index contributed by atoms with van der Waals surface area (Å²) in [6.45, 7) is -0.0975. The Morgan fingerprint density at radius 3 is 2.64 bits per heavy atom. The molecule has 0 aliphatic carbocycles. The molecule has 0 spiro atoms. The summed E-state index contributed by atoms with van der Waals surface area (Å²) < 4.78 is 81.6. The van der Waals surface area contributed by atoms with Crippen LogP contribution in [0.25, 0.3) is 10.9 Å². The summed E-state index contributed by atoms with van der Waals surface area (Å²) in [5.74, 6) is 6.04. The number of ether oxygens (including phenoxy) is 3. The van der Waals surface area contributed by atoms with Gasteiger partial charge in [-0.1, -0.05) is 12.0 Å². The second-order valence-electron chi connectivity index (χ2n) is 9.15. The Bertz CT molecular complexity index is 1490. The molecule has 0 radical (unpaired) electrons. The van der Waals surface area contributed by atoms with Gasteiger partial charge in [0.1, 0.15) is 18.4 Å². The number of nitrogens with one attached hydrogen (secondary N) is 2. The molecular formula is C27H30F3N3O5S. The topological polar surface area (TPSA) is 90.8 Å². The van der Waals surface area contributed by atoms with E-state index in [4.69, 9.17) is 14.2 Å². The third kappa shape index (κ3) is 6.98. The number of halogens is 3. The molecule has 39 heavy (non-hydrogen) atoms. The van der Waals surface area contributed by atoms with E-state index in [9.17, 15) is 21.6 Å². The predicted molar refractivity (Wildman–Crippen MR) is 143 cm³/mol. The van der Waals surface area contributed by atoms with Crippen LogP contribution in [0, 0.1) is 11.8 Å². The van der Waals surface area contributed by atoms with Crippen molar-refractivity contribution in [3.63, 3.8) is 0 Å². The lowest BCUT2D eigenvalue weighted by Gasteiger charge is -2.32. The van der Waals surface area contributed by atoms with Crippen LogP contribution in [-0.2, 0) is 25.9 Å². The number of hydrogen-bond acceptors (Lipinski definition) is 7. The third-order valence-electron chi connectivity index (χ3n) is 6.42. The average Bonchev–Trinajstić information content (AvgIpc) is 3.23. The molecule has 2 heterocycles. The number of alkyl halides is 3. The summed E-state index contributed by atoms with van der Waals surface area (Å²) in [7, 11) is -0.398. The molecule has 210 valence electrons. The van der Waals surface area contributed by atoms with Crippen LogP contribution in [0.15, 0.2) is 47.4 Å². The first kappa shape index (κ1) is 28.6. The monoisotopic (exact) mass is 565 g/mol. The molecular weight excluding hydrogens is 535 g/mol. The van der Waals surface area contributed by atoms with E-state index in [1.165, 1.54) is 19.2 Å². The summed E-state index contributed by atoms with van der Waals surface area (Å²) in [6.07, 6.45) is -2.83. The minimum atomic E-state index is -4.44. The Kier molecular flexibility index (Phi) is 8.64. The Morgan fingerprint density at radius 1 is 1.15 bits per heavy atom. The van der Waals surface area contributed by atoms with Crippen molar-refractivity contribution in [2.45, 2.75) is 36.2 Å². The second-order valence-corrected chi connectivity index (χ2v) is 11.2. The quantitative estimate of drug-likeness (QED) is 0.394. The molecule has 2 aromatic carbocycles. The summed E-state index contributed by atoms with van der Waals surface area (Å²) >= 11 is 0. The number of sulfone groups is 1. The molecule has 0 saturated carbocycles. The van der Waals surface area contributed by atoms with Crippen LogP contribution in [0.2, 0.25) is 0 Å². The van der Waals surface area contributed by atoms with E-state index < -0.39 is 22.6 Å². The van der Waals surface area contributed by atoms with Gasteiger partial charge >= 0.3 is 6.18 Å². The molecule has 8 nitrogen and oxygen atoms in total. The zero-order valence-corrected chi connectivity index (χ0v) is 22.6. The van der Waals surface area contributed by atoms with E-state index >= 15 is 0 Å². The average molecular weight is 566 g/mol. The van der Waals surface area contributed by atoms with E-state index in [-0.39, 0.29) is 29.3 Å². The molecule has 1 aromatic heterocycles. The number of anilines is 2. The molecule has 2 atom stereocenters. The number of fused-ring (bicyclic) bond motifs is 1. The maximum atomic E-state index is 13.5. The summed E-state index contributed by atoms with van der Waals surface area (Å²) in [5.41, 5.74) is 1.83. The van der Waals surface area contributed by atoms with Crippen molar-refractivity contribution < 1.29 is 35.8 Å². The van der Waals surface area contributed by atoms with Gasteiger partial charge in [-0.25, -0.2) is 8.42 Å². The molecule has 0 amide bonds. The Hall–Kier alpha value is -3.40. The minimum absolute atomic E-state index is 0.0527. The van der Waals surface area contributed by atoms with Gasteiger partial charge in [-0.15, -0.1) is 0 Å². The lowest BCUT2D eigenvalue weighted by Crippen LogP contribution is -2.43. The van der Waals surface area contributed by atoms with Gasteiger partial charge in [-0.3, -0.25) is 0 Å². The van der Waals surface area contributed by atoms with Crippen molar-refractivity contribution in [3.05, 3.63) is 48.2 Å². The maximum Gasteiger partial charge on any atom is 0.406 e. The zero-order chi connectivity index (χ0) is 28.2. The number of hydrogen-bond donors (Lipinski definition) is 2. The first-order chi connectivity index (χ1) is 18.5. The molecule has 0 unspecified atom stereocenters. The lowest BCUT2D eigenvalue weighted by molar-refractivity contribution is -0.140. The standard InChI is InChI=1S/C27H30F3N3O5S/c1-36-25-15-19(39(3,34)35)9-10-22(25)31-12-5-6-18-14-20-21(32-23-11-13-38-16-26(23)37-2)7-4-8-24(20)33(18)17-27(28,29)30/h4,7-10,14-15,23,26,31-32H,11-13,16-17H2,1-3H3/t23-,26-/m0/s1. The zero-order valence-electron chi connectivity index (χ0n) is 21.8. The van der Waals surface area contributed by atoms with E-state index in [2.05, 4.69) is 22.5 Å². The number of nitrogens with zero attached hydrogens (tertiary/aromatic N) is 1. The molecule has 12 heteroatoms. The highest BCUT2D eigenvalue weighted by atomic mass is 32.2. The van der Waals surface area contributed by atoms with Crippen molar-refractivity contribution in [1.29, 1.82) is 0 Å². The first-order valence-electron chi connectivity index (χ1n) is 12.2. The van der Waals surface area contributed by atoms with E-state index in [0.717, 1.165) is 10.8 Å². The largest absolute Gasteiger partial charge is 0.495 e.